The molecule has 22 heavy (non-hydrogen) atoms. The Hall–Kier alpha value is -2.33. The number of benzene rings is 2. The summed E-state index contributed by atoms with van der Waals surface area (Å²) in [5, 5.41) is 3.41. The lowest BCUT2D eigenvalue weighted by atomic mass is 10.0. The summed E-state index contributed by atoms with van der Waals surface area (Å²) in [4.78, 5) is 11.8. The largest absolute Gasteiger partial charge is 0.465 e. The van der Waals surface area contributed by atoms with Gasteiger partial charge in [0.05, 0.1) is 31.9 Å². The maximum Gasteiger partial charge on any atom is 0.338 e. The van der Waals surface area contributed by atoms with E-state index in [-0.39, 0.29) is 12.0 Å². The van der Waals surface area contributed by atoms with E-state index in [0.29, 0.717) is 18.8 Å². The molecular formula is C18H19NO3. The van der Waals surface area contributed by atoms with E-state index in [0.717, 1.165) is 23.2 Å². The molecule has 0 aromatic heterocycles. The first kappa shape index (κ1) is 14.6. The number of fused-ring (bicyclic) bond motifs is 1. The first-order chi connectivity index (χ1) is 10.8. The fourth-order valence-electron chi connectivity index (χ4n) is 2.75. The zero-order chi connectivity index (χ0) is 15.4. The van der Waals surface area contributed by atoms with Crippen molar-refractivity contribution >= 4 is 11.7 Å². The number of anilines is 1. The van der Waals surface area contributed by atoms with E-state index in [4.69, 9.17) is 9.47 Å². The van der Waals surface area contributed by atoms with Gasteiger partial charge in [-0.05, 0) is 29.7 Å². The van der Waals surface area contributed by atoms with Gasteiger partial charge in [-0.1, -0.05) is 36.4 Å². The second kappa shape index (κ2) is 6.62. The molecule has 1 aliphatic heterocycles. The molecule has 0 spiro atoms. The van der Waals surface area contributed by atoms with E-state index in [1.807, 2.05) is 42.5 Å². The van der Waals surface area contributed by atoms with Gasteiger partial charge in [0.15, 0.2) is 0 Å². The Labute approximate surface area is 130 Å². The van der Waals surface area contributed by atoms with Gasteiger partial charge >= 0.3 is 5.97 Å². The van der Waals surface area contributed by atoms with Crippen molar-refractivity contribution in [3.05, 3.63) is 65.2 Å². The number of hydrogen-bond acceptors (Lipinski definition) is 4. The zero-order valence-corrected chi connectivity index (χ0v) is 12.5. The van der Waals surface area contributed by atoms with E-state index >= 15 is 0 Å². The highest BCUT2D eigenvalue weighted by molar-refractivity contribution is 5.93. The van der Waals surface area contributed by atoms with E-state index < -0.39 is 0 Å². The van der Waals surface area contributed by atoms with Crippen molar-refractivity contribution in [3.63, 3.8) is 0 Å². The minimum absolute atomic E-state index is 0.185. The van der Waals surface area contributed by atoms with Gasteiger partial charge in [0, 0.05) is 5.69 Å². The Morgan fingerprint density at radius 1 is 1.18 bits per heavy atom. The van der Waals surface area contributed by atoms with Crippen LogP contribution in [-0.4, -0.2) is 25.7 Å². The van der Waals surface area contributed by atoms with Gasteiger partial charge in [-0.3, -0.25) is 0 Å². The highest BCUT2D eigenvalue weighted by Crippen LogP contribution is 2.29. The quantitative estimate of drug-likeness (QED) is 0.862. The molecule has 4 heteroatoms. The number of rotatable bonds is 5. The van der Waals surface area contributed by atoms with Gasteiger partial charge in [0.1, 0.15) is 0 Å². The fourth-order valence-corrected chi connectivity index (χ4v) is 2.75. The SMILES string of the molecule is COC(=O)c1cccc2c1CC(COCc1ccccc1)N2. The van der Waals surface area contributed by atoms with Crippen LogP contribution < -0.4 is 5.32 Å². The van der Waals surface area contributed by atoms with Crippen LogP contribution in [0.5, 0.6) is 0 Å². The maximum atomic E-state index is 11.8. The van der Waals surface area contributed by atoms with E-state index in [9.17, 15) is 4.79 Å². The normalized spacial score (nSPS) is 16.0. The van der Waals surface area contributed by atoms with Crippen molar-refractivity contribution in [3.8, 4) is 0 Å². The second-order valence-electron chi connectivity index (χ2n) is 5.37. The molecule has 2 aromatic carbocycles. The van der Waals surface area contributed by atoms with Crippen molar-refractivity contribution in [2.24, 2.45) is 0 Å². The molecule has 0 fully saturated rings. The summed E-state index contributed by atoms with van der Waals surface area (Å²) in [7, 11) is 1.41. The van der Waals surface area contributed by atoms with Crippen molar-refractivity contribution in [2.75, 3.05) is 19.0 Å². The Kier molecular flexibility index (Phi) is 4.39. The number of carbonyl (C=O) groups is 1. The minimum atomic E-state index is -0.287. The van der Waals surface area contributed by atoms with Gasteiger partial charge in [-0.25, -0.2) is 4.79 Å². The van der Waals surface area contributed by atoms with Crippen LogP contribution in [0.1, 0.15) is 21.5 Å². The third-order valence-electron chi connectivity index (χ3n) is 3.82. The van der Waals surface area contributed by atoms with Crippen LogP contribution in [0.3, 0.4) is 0 Å². The van der Waals surface area contributed by atoms with Gasteiger partial charge < -0.3 is 14.8 Å². The molecule has 1 N–H and O–H groups in total. The number of nitrogens with one attached hydrogen (secondary N) is 1. The van der Waals surface area contributed by atoms with Crippen LogP contribution in [0.25, 0.3) is 0 Å². The maximum absolute atomic E-state index is 11.8. The molecule has 0 amide bonds. The topological polar surface area (TPSA) is 47.6 Å². The summed E-state index contributed by atoms with van der Waals surface area (Å²) in [6, 6.07) is 15.9. The van der Waals surface area contributed by atoms with Crippen LogP contribution >= 0.6 is 0 Å². The zero-order valence-electron chi connectivity index (χ0n) is 12.5. The van der Waals surface area contributed by atoms with Gasteiger partial charge in [-0.2, -0.15) is 0 Å². The van der Waals surface area contributed by atoms with Crippen LogP contribution in [-0.2, 0) is 22.5 Å². The van der Waals surface area contributed by atoms with Gasteiger partial charge in [0.25, 0.3) is 0 Å². The Bertz CT molecular complexity index is 655. The number of methoxy groups -OCH3 is 1. The Morgan fingerprint density at radius 2 is 2.00 bits per heavy atom. The van der Waals surface area contributed by atoms with Gasteiger partial charge in [-0.15, -0.1) is 0 Å². The summed E-state index contributed by atoms with van der Waals surface area (Å²) in [6.45, 7) is 1.20. The van der Waals surface area contributed by atoms with Crippen molar-refractivity contribution in [1.29, 1.82) is 0 Å². The molecule has 3 rings (SSSR count). The first-order valence-electron chi connectivity index (χ1n) is 7.36. The molecule has 1 aliphatic rings. The van der Waals surface area contributed by atoms with E-state index in [1.54, 1.807) is 6.07 Å². The third kappa shape index (κ3) is 3.12. The Morgan fingerprint density at radius 3 is 2.77 bits per heavy atom. The molecule has 0 radical (unpaired) electrons. The standard InChI is InChI=1S/C18H19NO3/c1-21-18(20)15-8-5-9-17-16(15)10-14(19-17)12-22-11-13-6-3-2-4-7-13/h2-9,14,19H,10-12H2,1H3. The first-order valence-corrected chi connectivity index (χ1v) is 7.36. The fraction of sp³-hybridized carbons (Fsp3) is 0.278. The monoisotopic (exact) mass is 297 g/mol. The molecule has 0 saturated heterocycles. The average molecular weight is 297 g/mol. The molecular weight excluding hydrogens is 278 g/mol. The lowest BCUT2D eigenvalue weighted by molar-refractivity contribution is 0.0599. The summed E-state index contributed by atoms with van der Waals surface area (Å²) < 4.78 is 10.6. The summed E-state index contributed by atoms with van der Waals surface area (Å²) in [6.07, 6.45) is 0.773. The molecule has 1 heterocycles. The van der Waals surface area contributed by atoms with Gasteiger partial charge in [0.2, 0.25) is 0 Å². The van der Waals surface area contributed by atoms with Crippen LogP contribution in [0.15, 0.2) is 48.5 Å². The summed E-state index contributed by atoms with van der Waals surface area (Å²) >= 11 is 0. The molecule has 0 saturated carbocycles. The van der Waals surface area contributed by atoms with Crippen molar-refractivity contribution in [1.82, 2.24) is 0 Å². The van der Waals surface area contributed by atoms with Crippen molar-refractivity contribution in [2.45, 2.75) is 19.1 Å². The molecule has 1 atom stereocenters. The third-order valence-corrected chi connectivity index (χ3v) is 3.82. The molecule has 0 aliphatic carbocycles. The lowest BCUT2D eigenvalue weighted by Gasteiger charge is -2.11. The molecule has 1 unspecified atom stereocenters. The number of ether oxygens (including phenoxy) is 2. The number of esters is 1. The molecule has 2 aromatic rings. The van der Waals surface area contributed by atoms with Crippen LogP contribution in [0.4, 0.5) is 5.69 Å². The highest BCUT2D eigenvalue weighted by atomic mass is 16.5. The van der Waals surface area contributed by atoms with Crippen molar-refractivity contribution < 1.29 is 14.3 Å². The predicted molar refractivity (Wildman–Crippen MR) is 85.0 cm³/mol. The molecule has 0 bridgehead atoms. The number of carbonyl (C=O) groups excluding carboxylic acids is 1. The smallest absolute Gasteiger partial charge is 0.338 e. The Balaban J connectivity index is 1.59. The van der Waals surface area contributed by atoms with Crippen LogP contribution in [0.2, 0.25) is 0 Å². The molecule has 4 nitrogen and oxygen atoms in total. The average Bonchev–Trinajstić information content (AvgIpc) is 2.98. The van der Waals surface area contributed by atoms with E-state index in [2.05, 4.69) is 5.32 Å². The summed E-state index contributed by atoms with van der Waals surface area (Å²) in [5.41, 5.74) is 3.81. The summed E-state index contributed by atoms with van der Waals surface area (Å²) in [5.74, 6) is -0.287. The number of hydrogen-bond donors (Lipinski definition) is 1. The molecule has 114 valence electrons. The van der Waals surface area contributed by atoms with E-state index in [1.165, 1.54) is 7.11 Å². The minimum Gasteiger partial charge on any atom is -0.465 e. The predicted octanol–water partition coefficient (Wildman–Crippen LogP) is 3.03. The highest BCUT2D eigenvalue weighted by Gasteiger charge is 2.25. The van der Waals surface area contributed by atoms with Crippen LogP contribution in [0, 0.1) is 0 Å². The second-order valence-corrected chi connectivity index (χ2v) is 5.37. The lowest BCUT2D eigenvalue weighted by Crippen LogP contribution is -2.22.